The first-order valence-corrected chi connectivity index (χ1v) is 48.6. The van der Waals surface area contributed by atoms with Crippen molar-refractivity contribution in [2.24, 2.45) is 5.92 Å². The number of aryl methyl sites for hydroxylation is 4. The highest BCUT2D eigenvalue weighted by Gasteiger charge is 2.33. The van der Waals surface area contributed by atoms with E-state index in [0.29, 0.717) is 22.6 Å². The molecule has 12 aromatic rings. The van der Waals surface area contributed by atoms with E-state index in [0.717, 1.165) is 76.6 Å². The summed E-state index contributed by atoms with van der Waals surface area (Å²) in [6, 6.07) is 30.3. The number of hydrogen-bond acceptors (Lipinski definition) is 36. The summed E-state index contributed by atoms with van der Waals surface area (Å²) >= 11 is 0. The lowest BCUT2D eigenvalue weighted by atomic mass is 9.86. The lowest BCUT2D eigenvalue weighted by Gasteiger charge is -2.22. The number of nitrogen functional groups attached to an aromatic ring is 4. The third-order valence-electron chi connectivity index (χ3n) is 19.6. The van der Waals surface area contributed by atoms with Gasteiger partial charge in [0.15, 0.2) is 67.8 Å². The van der Waals surface area contributed by atoms with Crippen LogP contribution in [0.15, 0.2) is 154 Å². The molecule has 1 aliphatic carbocycles. The summed E-state index contributed by atoms with van der Waals surface area (Å²) < 4.78 is 125. The van der Waals surface area contributed by atoms with Gasteiger partial charge in [-0.3, -0.25) is 94.6 Å². The molecule has 48 heteroatoms. The number of carbonyl (C=O) groups is 4. The Morgan fingerprint density at radius 3 is 0.932 bits per heavy atom. The van der Waals surface area contributed by atoms with Crippen LogP contribution in [0.4, 0.5) is 23.8 Å². The van der Waals surface area contributed by atoms with Gasteiger partial charge in [0.05, 0.1) is 78.2 Å². The van der Waals surface area contributed by atoms with Crippen LogP contribution in [-0.2, 0) is 145 Å². The van der Waals surface area contributed by atoms with E-state index in [1.54, 1.807) is 25.2 Å². The fraction of sp³-hybridized carbons (Fsp3) is 0.405. The summed E-state index contributed by atoms with van der Waals surface area (Å²) in [5.41, 5.74) is 30.2. The Balaban J connectivity index is 0.000000183. The first-order valence-electron chi connectivity index (χ1n) is 41.7. The zero-order valence-electron chi connectivity index (χ0n) is 73.8. The molecule has 44 nitrogen and oxygen atoms in total. The molecule has 708 valence electrons. The summed E-state index contributed by atoms with van der Waals surface area (Å²) in [6.07, 6.45) is 11.1. The number of nitrogens with one attached hydrogen (secondary N) is 4. The number of nitrogens with zero attached hydrogens (tertiary/aromatic N) is 12. The van der Waals surface area contributed by atoms with Crippen molar-refractivity contribution in [1.29, 1.82) is 0 Å². The molecule has 12 N–H and O–H groups in total. The summed E-state index contributed by atoms with van der Waals surface area (Å²) in [5, 5.41) is 0. The highest BCUT2D eigenvalue weighted by molar-refractivity contribution is 7.54. The quantitative estimate of drug-likeness (QED) is 0.00997. The number of aromatic amines is 4. The molecule has 1 saturated carbocycles. The average molecular weight is 1910 g/mol. The Labute approximate surface area is 756 Å². The normalized spacial score (nSPS) is 14.1. The second-order valence-electron chi connectivity index (χ2n) is 30.4. The van der Waals surface area contributed by atoms with Gasteiger partial charge in [0, 0.05) is 44.9 Å². The van der Waals surface area contributed by atoms with E-state index >= 15 is 0 Å². The van der Waals surface area contributed by atoms with Crippen molar-refractivity contribution in [1.82, 2.24) is 78.1 Å². The molecule has 1 fully saturated rings. The molecule has 8 aromatic heterocycles. The summed E-state index contributed by atoms with van der Waals surface area (Å²) in [5.74, 6) is -0.929. The van der Waals surface area contributed by atoms with Crippen molar-refractivity contribution in [3.8, 4) is 0 Å². The molecule has 0 radical (unpaired) electrons. The zero-order chi connectivity index (χ0) is 95.0. The van der Waals surface area contributed by atoms with Gasteiger partial charge in [0.25, 0.3) is 22.2 Å². The second kappa shape index (κ2) is 49.7. The van der Waals surface area contributed by atoms with Crippen LogP contribution in [0, 0.1) is 33.6 Å². The molecule has 0 bridgehead atoms. The molecule has 1 aliphatic rings. The molecule has 132 heavy (non-hydrogen) atoms. The van der Waals surface area contributed by atoms with E-state index in [2.05, 4.69) is 66.4 Å². The molecule has 4 aromatic carbocycles. The maximum Gasteiger partial charge on any atom is 0.356 e. The average Bonchev–Trinajstić information content (AvgIpc) is 1.67. The highest BCUT2D eigenvalue weighted by Crippen LogP contribution is 2.52. The standard InChI is InChI=1S/C24H32N5O6P.C21H26N5O6P.C20H26N5O6P.C19H24N5O6P/c1-17-7-9-18(10-8-17)13-34-36(32,35-14-20(30)19-5-3-2-4-6-19)16-33-12-11-29-15-26-21-22(29)27-24(25)28-23(21)31;1-3-4-17(27)12-32-33(29,31-11-16-7-5-15(2)6-8-16)14-30-10-9-26-13-23-18-19(26)24-21(22)25-20(18)28;1-3-16(26)11-31-32(28,30-10-15-6-4-14(2)5-7-15)13-29-9-8-25-12-22-17-18(25)23-20(21)24-19(17)27;1-13-3-5-15(6-4-13)10-30-31(27,29-9-14(2)25)12-28-8-7-24-11-21-16-17(24)22-19(20)23-18(16)26/h7-10,15,19H,2-6,11-14,16H2,1H3,(H3,25,27,28,31);3,5-8,13H,1,4,9-12,14H2,2H3,(H3,22,24,25,28);4-7,12H,3,8-11,13H2,1-2H3,(H3,21,23,24,27);3-6,11H,7-10,12H2,1-2H3,(H3,20,22,23,26). The predicted octanol–water partition coefficient (Wildman–Crippen LogP) is 10.5. The number of benzene rings is 4. The number of hydrogen-bond donors (Lipinski definition) is 8. The number of H-pyrrole nitrogens is 4. The molecule has 0 amide bonds. The molecule has 0 saturated heterocycles. The predicted molar refractivity (Wildman–Crippen MR) is 489 cm³/mol. The molecule has 8 heterocycles. The lowest BCUT2D eigenvalue weighted by molar-refractivity contribution is -0.126. The molecular weight excluding hydrogens is 1800 g/mol. The van der Waals surface area contributed by atoms with Crippen molar-refractivity contribution in [2.45, 2.75) is 139 Å². The van der Waals surface area contributed by atoms with Gasteiger partial charge in [-0.2, -0.15) is 19.9 Å². The maximum absolute atomic E-state index is 13.5. The largest absolute Gasteiger partial charge is 0.369 e. The van der Waals surface area contributed by atoms with Crippen molar-refractivity contribution in [2.75, 3.05) is 101 Å². The number of imidazole rings is 4. The van der Waals surface area contributed by atoms with Crippen LogP contribution in [0.5, 0.6) is 0 Å². The molecular formula is C84H108N20O24P4. The molecule has 4 unspecified atom stereocenters. The van der Waals surface area contributed by atoms with Gasteiger partial charge in [-0.05, 0) is 69.7 Å². The lowest BCUT2D eigenvalue weighted by Crippen LogP contribution is -2.22. The maximum atomic E-state index is 13.5. The molecule has 0 spiro atoms. The minimum atomic E-state index is -3.74. The first kappa shape index (κ1) is 102. The SMILES string of the molecule is C=CCC(=O)COP(=O)(COCCn1cnc2c(=O)[nH]c(N)nc21)OCc1ccc(C)cc1.CC(=O)COP(=O)(COCCn1cnc2c(=O)[nH]c(N)nc21)OCc1ccc(C)cc1.CCC(=O)COP(=O)(COCCn1cnc2c(=O)[nH]c(N)nc21)OCc1ccc(C)cc1.Cc1ccc(COP(=O)(COCCn2cnc3c(=O)[nH]c(N)nc32)OCC(=O)C2CCCCC2)cc1. The topological polar surface area (TPSA) is 606 Å². The molecule has 13 rings (SSSR count). The first-order chi connectivity index (χ1) is 63.2. The summed E-state index contributed by atoms with van der Waals surface area (Å²) in [6.45, 7) is 14.8. The Kier molecular flexibility index (Phi) is 38.6. The van der Waals surface area contributed by atoms with Gasteiger partial charge in [-0.1, -0.05) is 152 Å². The number of ketones is 4. The van der Waals surface area contributed by atoms with Gasteiger partial charge in [0.2, 0.25) is 23.8 Å². The van der Waals surface area contributed by atoms with Crippen molar-refractivity contribution in [3.05, 3.63) is 221 Å². The van der Waals surface area contributed by atoms with E-state index in [1.807, 2.05) is 125 Å². The highest BCUT2D eigenvalue weighted by atomic mass is 31.2. The Morgan fingerprint density at radius 2 is 0.667 bits per heavy atom. The monoisotopic (exact) mass is 1900 g/mol. The van der Waals surface area contributed by atoms with Crippen molar-refractivity contribution in [3.63, 3.8) is 0 Å². The second-order valence-corrected chi connectivity index (χ2v) is 38.4. The van der Waals surface area contributed by atoms with Gasteiger partial charge < -0.3 is 78.2 Å². The smallest absolute Gasteiger partial charge is 0.356 e. The Morgan fingerprint density at radius 1 is 0.402 bits per heavy atom. The fourth-order valence-electron chi connectivity index (χ4n) is 12.3. The van der Waals surface area contributed by atoms with Crippen LogP contribution in [0.1, 0.15) is 103 Å². The van der Waals surface area contributed by atoms with E-state index < -0.39 is 52.6 Å². The van der Waals surface area contributed by atoms with Gasteiger partial charge >= 0.3 is 30.4 Å². The fourth-order valence-corrected chi connectivity index (χ4v) is 17.4. The van der Waals surface area contributed by atoms with E-state index in [1.165, 1.54) is 38.3 Å². The number of Topliss-reactive ketones (excluding diaryl/α,β-unsaturated/α-hetero) is 4. The van der Waals surface area contributed by atoms with Crippen LogP contribution in [0.3, 0.4) is 0 Å². The van der Waals surface area contributed by atoms with Crippen molar-refractivity contribution >= 4 is 122 Å². The van der Waals surface area contributed by atoms with Gasteiger partial charge in [-0.15, -0.1) is 6.58 Å². The summed E-state index contributed by atoms with van der Waals surface area (Å²) in [4.78, 5) is 137. The van der Waals surface area contributed by atoms with Crippen LogP contribution in [0.2, 0.25) is 0 Å². The number of ether oxygens (including phenoxy) is 4. The number of anilines is 4. The van der Waals surface area contributed by atoms with Crippen LogP contribution >= 0.6 is 30.4 Å². The molecule has 0 aliphatic heterocycles. The number of fused-ring (bicyclic) bond motifs is 4. The minimum Gasteiger partial charge on any atom is -0.369 e. The number of nitrogens with two attached hydrogens (primary N) is 4. The van der Waals surface area contributed by atoms with Crippen molar-refractivity contribution < 1.29 is 92.6 Å². The molecule has 4 atom stereocenters. The van der Waals surface area contributed by atoms with Gasteiger partial charge in [0.1, 0.15) is 51.8 Å². The van der Waals surface area contributed by atoms with Crippen LogP contribution < -0.4 is 45.2 Å². The van der Waals surface area contributed by atoms with E-state index in [-0.39, 0.29) is 219 Å². The third-order valence-corrected chi connectivity index (χ3v) is 25.8. The van der Waals surface area contributed by atoms with Gasteiger partial charge in [-0.25, -0.2) is 19.9 Å². The number of allylic oxidation sites excluding steroid dienone is 1. The van der Waals surface area contributed by atoms with Crippen LogP contribution in [-0.4, -0.2) is 179 Å². The van der Waals surface area contributed by atoms with Crippen LogP contribution in [0.25, 0.3) is 44.7 Å². The Bertz CT molecular complexity index is 6350. The number of carbonyl (C=O) groups excluding carboxylic acids is 4. The number of aromatic nitrogens is 16. The summed E-state index contributed by atoms with van der Waals surface area (Å²) in [7, 11) is -14.8. The van der Waals surface area contributed by atoms with E-state index in [4.69, 9.17) is 78.1 Å². The number of rotatable bonds is 48. The third kappa shape index (κ3) is 32.1. The Hall–Kier alpha value is -11.7. The zero-order valence-corrected chi connectivity index (χ0v) is 77.3. The minimum absolute atomic E-state index is 0.0137. The van der Waals surface area contributed by atoms with E-state index in [9.17, 15) is 56.6 Å².